The Kier molecular flexibility index (Phi) is 2.64. The van der Waals surface area contributed by atoms with Gasteiger partial charge in [0, 0.05) is 17.5 Å². The van der Waals surface area contributed by atoms with E-state index < -0.39 is 0 Å². The van der Waals surface area contributed by atoms with Crippen LogP contribution in [0.2, 0.25) is 0 Å². The third-order valence-corrected chi connectivity index (χ3v) is 2.92. The van der Waals surface area contributed by atoms with E-state index >= 15 is 0 Å². The summed E-state index contributed by atoms with van der Waals surface area (Å²) < 4.78 is 5.28. The second-order valence-corrected chi connectivity index (χ2v) is 4.21. The molecule has 1 aromatic carbocycles. The van der Waals surface area contributed by atoms with Crippen molar-refractivity contribution in [2.24, 2.45) is 0 Å². The molecule has 15 heavy (non-hydrogen) atoms. The number of anilines is 1. The first-order valence-electron chi connectivity index (χ1n) is 4.49. The molecule has 0 aliphatic carbocycles. The van der Waals surface area contributed by atoms with Gasteiger partial charge in [0.1, 0.15) is 0 Å². The van der Waals surface area contributed by atoms with Crippen LogP contribution in [-0.2, 0) is 0 Å². The molecule has 78 valence electrons. The number of nitrogen functional groups attached to an aromatic ring is 1. The van der Waals surface area contributed by atoms with Crippen LogP contribution in [0.15, 0.2) is 32.7 Å². The van der Waals surface area contributed by atoms with Gasteiger partial charge in [-0.15, -0.1) is 10.2 Å². The minimum absolute atomic E-state index is 0.556. The molecule has 0 amide bonds. The van der Waals surface area contributed by atoms with Gasteiger partial charge in [0.05, 0.1) is 0 Å². The van der Waals surface area contributed by atoms with Crippen LogP contribution in [0, 0.1) is 13.8 Å². The molecule has 0 radical (unpaired) electrons. The number of rotatable bonds is 2. The molecule has 0 fully saturated rings. The molecule has 0 bridgehead atoms. The molecule has 0 atom stereocenters. The van der Waals surface area contributed by atoms with Crippen LogP contribution in [-0.4, -0.2) is 10.2 Å². The van der Waals surface area contributed by atoms with E-state index in [0.29, 0.717) is 11.1 Å². The average molecular weight is 221 g/mol. The van der Waals surface area contributed by atoms with E-state index in [-0.39, 0.29) is 0 Å². The minimum Gasteiger partial charge on any atom is -0.416 e. The molecular weight excluding hydrogens is 210 g/mol. The Morgan fingerprint density at radius 1 is 1.27 bits per heavy atom. The van der Waals surface area contributed by atoms with Crippen LogP contribution < -0.4 is 5.73 Å². The third kappa shape index (κ3) is 2.30. The van der Waals surface area contributed by atoms with Crippen molar-refractivity contribution in [3.63, 3.8) is 0 Å². The van der Waals surface area contributed by atoms with Gasteiger partial charge in [0.15, 0.2) is 0 Å². The fourth-order valence-corrected chi connectivity index (χ4v) is 1.99. The lowest BCUT2D eigenvalue weighted by Gasteiger charge is -2.02. The summed E-state index contributed by atoms with van der Waals surface area (Å²) in [5.74, 6) is 0.575. The molecule has 0 saturated heterocycles. The molecule has 2 N–H and O–H groups in total. The molecular formula is C10H11N3OS. The SMILES string of the molecule is Cc1nnc(Sc2ccc(N)cc2C)o1. The topological polar surface area (TPSA) is 64.9 Å². The van der Waals surface area contributed by atoms with Crippen molar-refractivity contribution in [2.75, 3.05) is 5.73 Å². The van der Waals surface area contributed by atoms with Gasteiger partial charge >= 0.3 is 0 Å². The molecule has 0 unspecified atom stereocenters. The summed E-state index contributed by atoms with van der Waals surface area (Å²) in [5, 5.41) is 8.24. The fourth-order valence-electron chi connectivity index (χ4n) is 1.20. The monoisotopic (exact) mass is 221 g/mol. The number of nitrogens with zero attached hydrogens (tertiary/aromatic N) is 2. The highest BCUT2D eigenvalue weighted by atomic mass is 32.2. The Balaban J connectivity index is 2.24. The van der Waals surface area contributed by atoms with Crippen molar-refractivity contribution in [1.82, 2.24) is 10.2 Å². The van der Waals surface area contributed by atoms with Crippen molar-refractivity contribution < 1.29 is 4.42 Å². The second kappa shape index (κ2) is 3.94. The zero-order valence-corrected chi connectivity index (χ0v) is 9.34. The van der Waals surface area contributed by atoms with Crippen molar-refractivity contribution in [1.29, 1.82) is 0 Å². The molecule has 1 heterocycles. The number of hydrogen-bond donors (Lipinski definition) is 1. The van der Waals surface area contributed by atoms with Crippen LogP contribution in [0.1, 0.15) is 11.5 Å². The van der Waals surface area contributed by atoms with Crippen LogP contribution in [0.5, 0.6) is 0 Å². The molecule has 2 aromatic rings. The van der Waals surface area contributed by atoms with Crippen LogP contribution in [0.25, 0.3) is 0 Å². The number of aromatic nitrogens is 2. The van der Waals surface area contributed by atoms with Crippen LogP contribution in [0.4, 0.5) is 5.69 Å². The van der Waals surface area contributed by atoms with Gasteiger partial charge < -0.3 is 10.2 Å². The molecule has 0 aliphatic rings. The molecule has 0 aliphatic heterocycles. The highest BCUT2D eigenvalue weighted by Crippen LogP contribution is 2.29. The highest BCUT2D eigenvalue weighted by molar-refractivity contribution is 7.99. The standard InChI is InChI=1S/C10H11N3OS/c1-6-5-8(11)3-4-9(6)15-10-13-12-7(2)14-10/h3-5H,11H2,1-2H3. The van der Waals surface area contributed by atoms with Gasteiger partial charge in [-0.2, -0.15) is 0 Å². The maximum atomic E-state index is 5.66. The molecule has 4 nitrogen and oxygen atoms in total. The second-order valence-electron chi connectivity index (χ2n) is 3.21. The first-order chi connectivity index (χ1) is 7.15. The number of aryl methyl sites for hydroxylation is 2. The Morgan fingerprint density at radius 2 is 2.07 bits per heavy atom. The van der Waals surface area contributed by atoms with Crippen molar-refractivity contribution in [2.45, 2.75) is 24.0 Å². The maximum Gasteiger partial charge on any atom is 0.281 e. The van der Waals surface area contributed by atoms with Gasteiger partial charge in [0.25, 0.3) is 5.22 Å². The third-order valence-electron chi connectivity index (χ3n) is 1.90. The van der Waals surface area contributed by atoms with E-state index in [0.717, 1.165) is 16.1 Å². The van der Waals surface area contributed by atoms with E-state index in [1.54, 1.807) is 6.92 Å². The Hall–Kier alpha value is -1.49. The lowest BCUT2D eigenvalue weighted by atomic mass is 10.2. The van der Waals surface area contributed by atoms with E-state index in [9.17, 15) is 0 Å². The maximum absolute atomic E-state index is 5.66. The molecule has 2 rings (SSSR count). The van der Waals surface area contributed by atoms with E-state index in [4.69, 9.17) is 10.2 Å². The minimum atomic E-state index is 0.556. The molecule has 1 aromatic heterocycles. The van der Waals surface area contributed by atoms with Gasteiger partial charge in [-0.3, -0.25) is 0 Å². The molecule has 0 saturated carbocycles. The first-order valence-corrected chi connectivity index (χ1v) is 5.31. The number of hydrogen-bond acceptors (Lipinski definition) is 5. The summed E-state index contributed by atoms with van der Waals surface area (Å²) in [7, 11) is 0. The molecule has 5 heteroatoms. The van der Waals surface area contributed by atoms with Gasteiger partial charge in [-0.05, 0) is 42.4 Å². The summed E-state index contributed by atoms with van der Waals surface area (Å²) in [6, 6.07) is 5.74. The largest absolute Gasteiger partial charge is 0.416 e. The normalized spacial score (nSPS) is 10.5. The van der Waals surface area contributed by atoms with Crippen molar-refractivity contribution in [3.05, 3.63) is 29.7 Å². The highest BCUT2D eigenvalue weighted by Gasteiger charge is 2.07. The Labute approximate surface area is 91.9 Å². The lowest BCUT2D eigenvalue weighted by Crippen LogP contribution is -1.87. The predicted molar refractivity (Wildman–Crippen MR) is 58.7 cm³/mol. The first kappa shape index (κ1) is 10.0. The van der Waals surface area contributed by atoms with Gasteiger partial charge in [-0.1, -0.05) is 0 Å². The fraction of sp³-hybridized carbons (Fsp3) is 0.200. The summed E-state index contributed by atoms with van der Waals surface area (Å²) in [4.78, 5) is 1.08. The van der Waals surface area contributed by atoms with E-state index in [1.807, 2.05) is 25.1 Å². The number of nitrogens with two attached hydrogens (primary N) is 1. The lowest BCUT2D eigenvalue weighted by molar-refractivity contribution is 0.429. The Bertz CT molecular complexity index is 481. The smallest absolute Gasteiger partial charge is 0.281 e. The molecule has 0 spiro atoms. The summed E-state index contributed by atoms with van der Waals surface area (Å²) >= 11 is 1.45. The van der Waals surface area contributed by atoms with E-state index in [1.165, 1.54) is 11.8 Å². The quantitative estimate of drug-likeness (QED) is 0.789. The van der Waals surface area contributed by atoms with Gasteiger partial charge in [-0.25, -0.2) is 0 Å². The summed E-state index contributed by atoms with van der Waals surface area (Å²) in [6.07, 6.45) is 0. The summed E-state index contributed by atoms with van der Waals surface area (Å²) in [5.41, 5.74) is 7.53. The van der Waals surface area contributed by atoms with Gasteiger partial charge in [0.2, 0.25) is 5.89 Å². The Morgan fingerprint density at radius 3 is 2.67 bits per heavy atom. The van der Waals surface area contributed by atoms with Crippen LogP contribution in [0.3, 0.4) is 0 Å². The zero-order valence-electron chi connectivity index (χ0n) is 8.52. The summed E-state index contributed by atoms with van der Waals surface area (Å²) in [6.45, 7) is 3.77. The number of benzene rings is 1. The predicted octanol–water partition coefficient (Wildman–Crippen LogP) is 2.42. The average Bonchev–Trinajstić information content (AvgIpc) is 2.56. The zero-order chi connectivity index (χ0) is 10.8. The van der Waals surface area contributed by atoms with Crippen molar-refractivity contribution in [3.8, 4) is 0 Å². The van der Waals surface area contributed by atoms with E-state index in [2.05, 4.69) is 10.2 Å². The van der Waals surface area contributed by atoms with Crippen molar-refractivity contribution >= 4 is 17.4 Å². The van der Waals surface area contributed by atoms with Crippen LogP contribution >= 0.6 is 11.8 Å².